The summed E-state index contributed by atoms with van der Waals surface area (Å²) in [6.07, 6.45) is 5.62. The number of fused-ring (bicyclic) bond motifs is 2. The van der Waals surface area contributed by atoms with E-state index in [0.717, 1.165) is 33.6 Å². The quantitative estimate of drug-likeness (QED) is 0.628. The Balaban J connectivity index is 1.92. The summed E-state index contributed by atoms with van der Waals surface area (Å²) in [6, 6.07) is 4.51. The Morgan fingerprint density at radius 3 is 2.71 bits per heavy atom. The number of aromatic nitrogens is 6. The van der Waals surface area contributed by atoms with Crippen LogP contribution in [0.1, 0.15) is 25.7 Å². The largest absolute Gasteiger partial charge is 0.356 e. The highest BCUT2D eigenvalue weighted by atomic mass is 15.3. The molecule has 122 valence electrons. The average molecular weight is 321 g/mol. The van der Waals surface area contributed by atoms with Gasteiger partial charge in [-0.15, -0.1) is 5.10 Å². The maximum atomic E-state index is 4.56. The first-order valence-electron chi connectivity index (χ1n) is 7.95. The first-order valence-corrected chi connectivity index (χ1v) is 7.95. The Morgan fingerprint density at radius 2 is 1.96 bits per heavy atom. The van der Waals surface area contributed by atoms with Gasteiger partial charge in [-0.2, -0.15) is 0 Å². The van der Waals surface area contributed by atoms with Crippen molar-refractivity contribution in [1.29, 1.82) is 0 Å². The summed E-state index contributed by atoms with van der Waals surface area (Å²) in [4.78, 5) is 13.4. The molecular weight excluding hydrogens is 302 g/mol. The number of anilines is 1. The van der Waals surface area contributed by atoms with Crippen LogP contribution in [0.4, 0.5) is 5.95 Å². The molecule has 0 aliphatic rings. The minimum Gasteiger partial charge on any atom is -0.356 e. The first kappa shape index (κ1) is 14.6. The lowest BCUT2D eigenvalue weighted by Gasteiger charge is -2.11. The number of imidazole rings is 1. The fourth-order valence-corrected chi connectivity index (χ4v) is 3.15. The molecule has 7 nitrogen and oxygen atoms in total. The Labute approximate surface area is 139 Å². The zero-order chi connectivity index (χ0) is 16.8. The van der Waals surface area contributed by atoms with Crippen molar-refractivity contribution in [3.05, 3.63) is 36.5 Å². The van der Waals surface area contributed by atoms with Crippen molar-refractivity contribution in [3.8, 4) is 11.1 Å². The van der Waals surface area contributed by atoms with Crippen molar-refractivity contribution >= 4 is 22.6 Å². The second-order valence-corrected chi connectivity index (χ2v) is 6.08. The van der Waals surface area contributed by atoms with Gasteiger partial charge in [0.15, 0.2) is 5.65 Å². The molecule has 0 saturated carbocycles. The highest BCUT2D eigenvalue weighted by Gasteiger charge is 2.14. The summed E-state index contributed by atoms with van der Waals surface area (Å²) in [5, 5.41) is 7.36. The number of hydrogen-bond donors (Lipinski definition) is 1. The van der Waals surface area contributed by atoms with Gasteiger partial charge in [-0.3, -0.25) is 0 Å². The van der Waals surface area contributed by atoms with Gasteiger partial charge in [-0.05, 0) is 32.9 Å². The van der Waals surface area contributed by atoms with E-state index in [1.165, 1.54) is 0 Å². The normalized spacial score (nSPS) is 11.7. The van der Waals surface area contributed by atoms with Crippen molar-refractivity contribution in [2.75, 3.05) is 12.4 Å². The second-order valence-electron chi connectivity index (χ2n) is 6.08. The van der Waals surface area contributed by atoms with Gasteiger partial charge in [0.1, 0.15) is 5.82 Å². The summed E-state index contributed by atoms with van der Waals surface area (Å²) in [7, 11) is 1.80. The van der Waals surface area contributed by atoms with Crippen LogP contribution >= 0.6 is 0 Å². The van der Waals surface area contributed by atoms with E-state index >= 15 is 0 Å². The molecule has 0 radical (unpaired) electrons. The standard InChI is InChI=1S/C17H19N7/c1-10(2)24-11(3)21-16-14(24)7-12(8-19-16)13-5-6-23-15(13)9-20-17(18-4)22-23/h5-10H,1-4H3,(H,18,22). The van der Waals surface area contributed by atoms with Crippen molar-refractivity contribution in [1.82, 2.24) is 29.1 Å². The van der Waals surface area contributed by atoms with Crippen molar-refractivity contribution < 1.29 is 0 Å². The van der Waals surface area contributed by atoms with Gasteiger partial charge in [-0.1, -0.05) is 0 Å². The summed E-state index contributed by atoms with van der Waals surface area (Å²) in [6.45, 7) is 6.32. The van der Waals surface area contributed by atoms with Crippen LogP contribution in [0, 0.1) is 6.92 Å². The van der Waals surface area contributed by atoms with E-state index in [1.807, 2.05) is 36.1 Å². The minimum absolute atomic E-state index is 0.333. The SMILES string of the molecule is CNc1ncc2c(-c3cnc4nc(C)n(C(C)C)c4c3)ccn2n1. The zero-order valence-electron chi connectivity index (χ0n) is 14.1. The van der Waals surface area contributed by atoms with Gasteiger partial charge >= 0.3 is 0 Å². The summed E-state index contributed by atoms with van der Waals surface area (Å²) in [5.41, 5.74) is 4.87. The van der Waals surface area contributed by atoms with Crippen LogP contribution in [0.25, 0.3) is 27.8 Å². The van der Waals surface area contributed by atoms with Gasteiger partial charge in [0.25, 0.3) is 0 Å². The minimum atomic E-state index is 0.333. The molecule has 1 N–H and O–H groups in total. The zero-order valence-corrected chi connectivity index (χ0v) is 14.1. The number of nitrogens with zero attached hydrogens (tertiary/aromatic N) is 6. The number of pyridine rings is 1. The third kappa shape index (κ3) is 2.12. The molecule has 4 aromatic rings. The second kappa shape index (κ2) is 5.30. The molecule has 0 amide bonds. The molecule has 0 aromatic carbocycles. The smallest absolute Gasteiger partial charge is 0.240 e. The van der Waals surface area contributed by atoms with Crippen molar-refractivity contribution in [2.45, 2.75) is 26.8 Å². The Kier molecular flexibility index (Phi) is 3.23. The van der Waals surface area contributed by atoms with E-state index in [1.54, 1.807) is 7.05 Å². The lowest BCUT2D eigenvalue weighted by atomic mass is 10.1. The molecular formula is C17H19N7. The molecule has 0 aliphatic carbocycles. The maximum absolute atomic E-state index is 4.56. The summed E-state index contributed by atoms with van der Waals surface area (Å²) >= 11 is 0. The Hall–Kier alpha value is -2.96. The molecule has 7 heteroatoms. The molecule has 4 aromatic heterocycles. The number of aryl methyl sites for hydroxylation is 1. The van der Waals surface area contributed by atoms with Crippen molar-refractivity contribution in [2.24, 2.45) is 0 Å². The van der Waals surface area contributed by atoms with E-state index in [2.05, 4.69) is 49.8 Å². The predicted molar refractivity (Wildman–Crippen MR) is 94.2 cm³/mol. The maximum Gasteiger partial charge on any atom is 0.240 e. The third-order valence-electron chi connectivity index (χ3n) is 4.19. The van der Waals surface area contributed by atoms with Crippen LogP contribution < -0.4 is 5.32 Å². The molecule has 24 heavy (non-hydrogen) atoms. The molecule has 0 fully saturated rings. The van der Waals surface area contributed by atoms with Crippen LogP contribution in [0.5, 0.6) is 0 Å². The third-order valence-corrected chi connectivity index (χ3v) is 4.19. The Bertz CT molecular complexity index is 1040. The van der Waals surface area contributed by atoms with Crippen LogP contribution in [0.2, 0.25) is 0 Å². The predicted octanol–water partition coefficient (Wildman–Crippen LogP) is 3.07. The monoisotopic (exact) mass is 321 g/mol. The van der Waals surface area contributed by atoms with Crippen LogP contribution in [0.15, 0.2) is 30.7 Å². The topological polar surface area (TPSA) is 72.9 Å². The van der Waals surface area contributed by atoms with E-state index < -0.39 is 0 Å². The average Bonchev–Trinajstić information content (AvgIpc) is 3.13. The molecule has 0 spiro atoms. The highest BCUT2D eigenvalue weighted by Crippen LogP contribution is 2.28. The number of hydrogen-bond acceptors (Lipinski definition) is 5. The van der Waals surface area contributed by atoms with Gasteiger partial charge in [-0.25, -0.2) is 19.5 Å². The molecule has 0 atom stereocenters. The molecule has 0 saturated heterocycles. The van der Waals surface area contributed by atoms with Crippen LogP contribution in [0.3, 0.4) is 0 Å². The van der Waals surface area contributed by atoms with Crippen molar-refractivity contribution in [3.63, 3.8) is 0 Å². The van der Waals surface area contributed by atoms with Gasteiger partial charge in [0, 0.05) is 36.6 Å². The fraction of sp³-hybridized carbons (Fsp3) is 0.294. The number of nitrogens with one attached hydrogen (secondary N) is 1. The van der Waals surface area contributed by atoms with E-state index in [4.69, 9.17) is 0 Å². The summed E-state index contributed by atoms with van der Waals surface area (Å²) < 4.78 is 4.03. The van der Waals surface area contributed by atoms with E-state index in [0.29, 0.717) is 12.0 Å². The lowest BCUT2D eigenvalue weighted by Crippen LogP contribution is -2.02. The molecule has 0 aliphatic heterocycles. The van der Waals surface area contributed by atoms with Crippen LogP contribution in [-0.4, -0.2) is 36.2 Å². The van der Waals surface area contributed by atoms with E-state index in [-0.39, 0.29) is 0 Å². The Morgan fingerprint density at radius 1 is 1.12 bits per heavy atom. The van der Waals surface area contributed by atoms with Crippen LogP contribution in [-0.2, 0) is 0 Å². The molecule has 4 heterocycles. The highest BCUT2D eigenvalue weighted by molar-refractivity contribution is 5.85. The van der Waals surface area contributed by atoms with Gasteiger partial charge in [0.05, 0.1) is 17.2 Å². The van der Waals surface area contributed by atoms with E-state index in [9.17, 15) is 0 Å². The number of rotatable bonds is 3. The molecule has 0 unspecified atom stereocenters. The van der Waals surface area contributed by atoms with Gasteiger partial charge < -0.3 is 9.88 Å². The molecule has 4 rings (SSSR count). The lowest BCUT2D eigenvalue weighted by molar-refractivity contribution is 0.600. The van der Waals surface area contributed by atoms with Gasteiger partial charge in [0.2, 0.25) is 5.95 Å². The molecule has 0 bridgehead atoms. The fourth-order valence-electron chi connectivity index (χ4n) is 3.15. The first-order chi connectivity index (χ1) is 11.6. The summed E-state index contributed by atoms with van der Waals surface area (Å²) in [5.74, 6) is 1.57.